The van der Waals surface area contributed by atoms with Crippen molar-refractivity contribution in [3.05, 3.63) is 50.7 Å². The third kappa shape index (κ3) is 3.68. The van der Waals surface area contributed by atoms with Crippen molar-refractivity contribution in [3.8, 4) is 0 Å². The minimum absolute atomic E-state index is 0.0320. The molecule has 1 aromatic heterocycles. The van der Waals surface area contributed by atoms with Gasteiger partial charge in [0.1, 0.15) is 5.69 Å². The first-order valence-corrected chi connectivity index (χ1v) is 10.3. The van der Waals surface area contributed by atoms with E-state index >= 15 is 0 Å². The lowest BCUT2D eigenvalue weighted by molar-refractivity contribution is -0.384. The Labute approximate surface area is 150 Å². The lowest BCUT2D eigenvalue weighted by Gasteiger charge is -2.17. The SMILES string of the molecule is C[C@H](Nc1ccc(S(=O)(=O)N2CCCC2)cc1[N+](=O)[O-])c1cccs1. The number of rotatable bonds is 6. The summed E-state index contributed by atoms with van der Waals surface area (Å²) in [7, 11) is -3.68. The number of anilines is 1. The van der Waals surface area contributed by atoms with Crippen molar-refractivity contribution >= 4 is 32.7 Å². The van der Waals surface area contributed by atoms with Gasteiger partial charge in [0.05, 0.1) is 15.9 Å². The molecule has 1 atom stereocenters. The van der Waals surface area contributed by atoms with E-state index in [0.29, 0.717) is 18.8 Å². The molecule has 0 unspecified atom stereocenters. The smallest absolute Gasteiger partial charge is 0.293 e. The van der Waals surface area contributed by atoms with Crippen LogP contribution in [0.25, 0.3) is 0 Å². The zero-order valence-corrected chi connectivity index (χ0v) is 15.3. The molecule has 1 aliphatic rings. The Kier molecular flexibility index (Phi) is 5.07. The maximum Gasteiger partial charge on any atom is 0.293 e. The second-order valence-corrected chi connectivity index (χ2v) is 8.85. The summed E-state index contributed by atoms with van der Waals surface area (Å²) < 4.78 is 26.6. The molecule has 9 heteroatoms. The fraction of sp³-hybridized carbons (Fsp3) is 0.375. The molecule has 1 aromatic carbocycles. The van der Waals surface area contributed by atoms with Gasteiger partial charge in [-0.05, 0) is 43.3 Å². The third-order valence-electron chi connectivity index (χ3n) is 4.21. The topological polar surface area (TPSA) is 92.6 Å². The van der Waals surface area contributed by atoms with Crippen molar-refractivity contribution in [2.75, 3.05) is 18.4 Å². The van der Waals surface area contributed by atoms with Crippen LogP contribution in [0.3, 0.4) is 0 Å². The molecule has 25 heavy (non-hydrogen) atoms. The molecule has 0 bridgehead atoms. The van der Waals surface area contributed by atoms with Crippen LogP contribution in [0.15, 0.2) is 40.6 Å². The summed E-state index contributed by atoms with van der Waals surface area (Å²) in [5, 5.41) is 16.5. The number of nitrogens with one attached hydrogen (secondary N) is 1. The van der Waals surface area contributed by atoms with E-state index in [1.54, 1.807) is 11.3 Å². The minimum atomic E-state index is -3.68. The Bertz CT molecular complexity index is 860. The van der Waals surface area contributed by atoms with E-state index in [1.807, 2.05) is 24.4 Å². The monoisotopic (exact) mass is 381 g/mol. The van der Waals surface area contributed by atoms with Gasteiger partial charge in [-0.1, -0.05) is 6.07 Å². The van der Waals surface area contributed by atoms with Gasteiger partial charge >= 0.3 is 0 Å². The number of nitro benzene ring substituents is 1. The van der Waals surface area contributed by atoms with Crippen LogP contribution < -0.4 is 5.32 Å². The molecule has 1 fully saturated rings. The van der Waals surface area contributed by atoms with E-state index in [0.717, 1.165) is 23.8 Å². The average Bonchev–Trinajstić information content (AvgIpc) is 3.28. The predicted molar refractivity (Wildman–Crippen MR) is 97.4 cm³/mol. The summed E-state index contributed by atoms with van der Waals surface area (Å²) in [4.78, 5) is 11.9. The zero-order chi connectivity index (χ0) is 18.0. The highest BCUT2D eigenvalue weighted by Crippen LogP contribution is 2.33. The Morgan fingerprint density at radius 3 is 2.60 bits per heavy atom. The van der Waals surface area contributed by atoms with Crippen LogP contribution >= 0.6 is 11.3 Å². The fourth-order valence-corrected chi connectivity index (χ4v) is 5.14. The van der Waals surface area contributed by atoms with E-state index in [2.05, 4.69) is 5.32 Å². The van der Waals surface area contributed by atoms with Gasteiger partial charge < -0.3 is 5.32 Å². The van der Waals surface area contributed by atoms with Crippen molar-refractivity contribution in [2.24, 2.45) is 0 Å². The molecular weight excluding hydrogens is 362 g/mol. The number of thiophene rings is 1. The highest BCUT2D eigenvalue weighted by atomic mass is 32.2. The van der Waals surface area contributed by atoms with Crippen LogP contribution in [0, 0.1) is 10.1 Å². The summed E-state index contributed by atoms with van der Waals surface area (Å²) >= 11 is 1.55. The normalized spacial score (nSPS) is 16.7. The number of nitrogens with zero attached hydrogens (tertiary/aromatic N) is 2. The van der Waals surface area contributed by atoms with Crippen LogP contribution in [0.5, 0.6) is 0 Å². The third-order valence-corrected chi connectivity index (χ3v) is 7.16. The second kappa shape index (κ2) is 7.11. The van der Waals surface area contributed by atoms with Crippen LogP contribution in [-0.2, 0) is 10.0 Å². The second-order valence-electron chi connectivity index (χ2n) is 5.93. The molecule has 2 heterocycles. The van der Waals surface area contributed by atoms with Crippen molar-refractivity contribution < 1.29 is 13.3 Å². The molecule has 7 nitrogen and oxygen atoms in total. The number of sulfonamides is 1. The average molecular weight is 381 g/mol. The lowest BCUT2D eigenvalue weighted by atomic mass is 10.2. The van der Waals surface area contributed by atoms with E-state index in [4.69, 9.17) is 0 Å². The minimum Gasteiger partial charge on any atom is -0.372 e. The lowest BCUT2D eigenvalue weighted by Crippen LogP contribution is -2.27. The standard InChI is InChI=1S/C16H19N3O4S2/c1-12(16-5-4-10-24-16)17-14-7-6-13(11-15(14)19(20)21)25(22,23)18-8-2-3-9-18/h4-7,10-12,17H,2-3,8-9H2,1H3/t12-/m0/s1. The highest BCUT2D eigenvalue weighted by molar-refractivity contribution is 7.89. The molecule has 134 valence electrons. The number of nitro groups is 1. The molecule has 0 aliphatic carbocycles. The molecule has 1 aliphatic heterocycles. The predicted octanol–water partition coefficient (Wildman–Crippen LogP) is 3.61. The molecule has 1 saturated heterocycles. The fourth-order valence-electron chi connectivity index (χ4n) is 2.86. The molecule has 0 amide bonds. The van der Waals surface area contributed by atoms with Crippen molar-refractivity contribution in [1.82, 2.24) is 4.31 Å². The van der Waals surface area contributed by atoms with E-state index in [-0.39, 0.29) is 16.6 Å². The van der Waals surface area contributed by atoms with Crippen LogP contribution in [0.1, 0.15) is 30.7 Å². The van der Waals surface area contributed by atoms with Gasteiger partial charge in [0.25, 0.3) is 5.69 Å². The largest absolute Gasteiger partial charge is 0.372 e. The van der Waals surface area contributed by atoms with Gasteiger partial charge in [-0.3, -0.25) is 10.1 Å². The van der Waals surface area contributed by atoms with Gasteiger partial charge in [-0.25, -0.2) is 8.42 Å². The summed E-state index contributed by atoms with van der Waals surface area (Å²) in [6, 6.07) is 7.81. The molecule has 0 radical (unpaired) electrons. The van der Waals surface area contributed by atoms with Gasteiger partial charge in [0.15, 0.2) is 0 Å². The van der Waals surface area contributed by atoms with Crippen molar-refractivity contribution in [1.29, 1.82) is 0 Å². The summed E-state index contributed by atoms with van der Waals surface area (Å²) in [6.07, 6.45) is 1.64. The summed E-state index contributed by atoms with van der Waals surface area (Å²) in [5.41, 5.74) is 0.0787. The van der Waals surface area contributed by atoms with Gasteiger partial charge in [0, 0.05) is 24.0 Å². The van der Waals surface area contributed by atoms with Gasteiger partial charge in [-0.2, -0.15) is 4.31 Å². The Balaban J connectivity index is 1.92. The maximum absolute atomic E-state index is 12.6. The first-order chi connectivity index (χ1) is 11.9. The van der Waals surface area contributed by atoms with Crippen molar-refractivity contribution in [3.63, 3.8) is 0 Å². The molecule has 2 aromatic rings. The summed E-state index contributed by atoms with van der Waals surface area (Å²) in [5.74, 6) is 0. The highest BCUT2D eigenvalue weighted by Gasteiger charge is 2.29. The van der Waals surface area contributed by atoms with Gasteiger partial charge in [0.2, 0.25) is 10.0 Å². The van der Waals surface area contributed by atoms with Crippen LogP contribution in [-0.4, -0.2) is 30.7 Å². The molecule has 1 N–H and O–H groups in total. The first kappa shape index (κ1) is 17.8. The number of benzene rings is 1. The molecular formula is C16H19N3O4S2. The van der Waals surface area contributed by atoms with E-state index < -0.39 is 14.9 Å². The Morgan fingerprint density at radius 1 is 1.28 bits per heavy atom. The van der Waals surface area contributed by atoms with Crippen molar-refractivity contribution in [2.45, 2.75) is 30.7 Å². The zero-order valence-electron chi connectivity index (χ0n) is 13.7. The van der Waals surface area contributed by atoms with Gasteiger partial charge in [-0.15, -0.1) is 11.3 Å². The number of hydrogen-bond acceptors (Lipinski definition) is 6. The summed E-state index contributed by atoms with van der Waals surface area (Å²) in [6.45, 7) is 2.83. The van der Waals surface area contributed by atoms with Crippen LogP contribution in [0.4, 0.5) is 11.4 Å². The quantitative estimate of drug-likeness (QED) is 0.609. The van der Waals surface area contributed by atoms with Crippen LogP contribution in [0.2, 0.25) is 0 Å². The van der Waals surface area contributed by atoms with E-state index in [1.165, 1.54) is 16.4 Å². The maximum atomic E-state index is 12.6. The first-order valence-electron chi connectivity index (χ1n) is 7.98. The molecule has 0 saturated carbocycles. The molecule has 0 spiro atoms. The molecule has 3 rings (SSSR count). The Hall–Kier alpha value is -1.97. The Morgan fingerprint density at radius 2 is 2.00 bits per heavy atom. The number of hydrogen-bond donors (Lipinski definition) is 1. The van der Waals surface area contributed by atoms with E-state index in [9.17, 15) is 18.5 Å².